The molecular formula is C29H32N4O3. The molecule has 0 radical (unpaired) electrons. The highest BCUT2D eigenvalue weighted by molar-refractivity contribution is 5.94. The number of aliphatic hydroxyl groups is 1. The van der Waals surface area contributed by atoms with Crippen LogP contribution in [-0.2, 0) is 11.3 Å². The first-order valence-corrected chi connectivity index (χ1v) is 12.8. The number of likely N-dealkylation sites (tertiary alicyclic amines) is 1. The monoisotopic (exact) mass is 484 g/mol. The molecule has 7 nitrogen and oxygen atoms in total. The minimum Gasteiger partial charge on any atom is -0.396 e. The Balaban J connectivity index is 1.65. The Labute approximate surface area is 211 Å². The zero-order valence-corrected chi connectivity index (χ0v) is 20.7. The van der Waals surface area contributed by atoms with Gasteiger partial charge in [0.2, 0.25) is 5.91 Å². The summed E-state index contributed by atoms with van der Waals surface area (Å²) < 4.78 is 0. The van der Waals surface area contributed by atoms with Crippen LogP contribution in [0.4, 0.5) is 0 Å². The molecular weight excluding hydrogens is 452 g/mol. The standard InChI is InChI=1S/C29H32N4O3/c1-2-26(35)33-19-23-17-24(29(36)32-13-4-3-5-14-32)31-28(27(23)25(33)11-15-34)21-9-6-8-20(16-21)22-10-7-12-30-18-22/h6-10,12,16-18,25,34H,2-5,11,13-15,19H2,1H3/t25-/m1/s1. The molecule has 3 aromatic rings. The van der Waals surface area contributed by atoms with Crippen LogP contribution in [0.3, 0.4) is 0 Å². The minimum atomic E-state index is -0.277. The van der Waals surface area contributed by atoms with E-state index in [0.29, 0.717) is 30.8 Å². The van der Waals surface area contributed by atoms with Crippen LogP contribution in [0, 0.1) is 0 Å². The summed E-state index contributed by atoms with van der Waals surface area (Å²) in [6, 6.07) is 13.6. The maximum absolute atomic E-state index is 13.5. The van der Waals surface area contributed by atoms with E-state index >= 15 is 0 Å². The van der Waals surface area contributed by atoms with Crippen molar-refractivity contribution in [2.45, 2.75) is 51.6 Å². The van der Waals surface area contributed by atoms with Gasteiger partial charge in [0.1, 0.15) is 5.69 Å². The SMILES string of the molecule is CCC(=O)N1Cc2cc(C(=O)N3CCCCC3)nc(-c3cccc(-c4cccnc4)c3)c2[C@H]1CCO. The lowest BCUT2D eigenvalue weighted by Gasteiger charge is -2.27. The van der Waals surface area contributed by atoms with E-state index in [1.807, 2.05) is 59.3 Å². The van der Waals surface area contributed by atoms with Gasteiger partial charge in [-0.2, -0.15) is 0 Å². The molecule has 2 amide bonds. The summed E-state index contributed by atoms with van der Waals surface area (Å²) in [5.74, 6) is -0.0234. The molecule has 1 N–H and O–H groups in total. The number of carbonyl (C=O) groups excluding carboxylic acids is 2. The van der Waals surface area contributed by atoms with Crippen LogP contribution in [-0.4, -0.2) is 56.4 Å². The van der Waals surface area contributed by atoms with Crippen LogP contribution < -0.4 is 0 Å². The van der Waals surface area contributed by atoms with Crippen molar-refractivity contribution in [1.29, 1.82) is 0 Å². The molecule has 0 unspecified atom stereocenters. The molecule has 5 rings (SSSR count). The van der Waals surface area contributed by atoms with Crippen LogP contribution >= 0.6 is 0 Å². The van der Waals surface area contributed by atoms with Gasteiger partial charge in [-0.1, -0.05) is 31.2 Å². The number of aromatic nitrogens is 2. The van der Waals surface area contributed by atoms with E-state index in [1.54, 1.807) is 6.20 Å². The van der Waals surface area contributed by atoms with Gasteiger partial charge in [0.05, 0.1) is 11.7 Å². The largest absolute Gasteiger partial charge is 0.396 e. The van der Waals surface area contributed by atoms with Crippen molar-refractivity contribution in [3.05, 3.63) is 71.7 Å². The molecule has 2 aliphatic rings. The van der Waals surface area contributed by atoms with Gasteiger partial charge >= 0.3 is 0 Å². The molecule has 1 fully saturated rings. The fraction of sp³-hybridized carbons (Fsp3) is 0.379. The summed E-state index contributed by atoms with van der Waals surface area (Å²) in [6.07, 6.45) is 7.54. The van der Waals surface area contributed by atoms with Gasteiger partial charge in [0.15, 0.2) is 0 Å². The first-order valence-electron chi connectivity index (χ1n) is 12.8. The summed E-state index contributed by atoms with van der Waals surface area (Å²) in [7, 11) is 0. The second kappa shape index (κ2) is 10.6. The number of rotatable bonds is 6. The third-order valence-corrected chi connectivity index (χ3v) is 7.21. The molecule has 7 heteroatoms. The summed E-state index contributed by atoms with van der Waals surface area (Å²) in [5.41, 5.74) is 5.88. The van der Waals surface area contributed by atoms with E-state index in [-0.39, 0.29) is 24.5 Å². The first-order chi connectivity index (χ1) is 17.6. The predicted octanol–water partition coefficient (Wildman–Crippen LogP) is 4.61. The third-order valence-electron chi connectivity index (χ3n) is 7.21. The average Bonchev–Trinajstić information content (AvgIpc) is 3.31. The second-order valence-electron chi connectivity index (χ2n) is 9.51. The van der Waals surface area contributed by atoms with E-state index < -0.39 is 0 Å². The Bertz CT molecular complexity index is 1250. The number of benzene rings is 1. The van der Waals surface area contributed by atoms with Crippen LogP contribution in [0.15, 0.2) is 54.9 Å². The molecule has 2 aliphatic heterocycles. The highest BCUT2D eigenvalue weighted by Crippen LogP contribution is 2.42. The van der Waals surface area contributed by atoms with Crippen molar-refractivity contribution < 1.29 is 14.7 Å². The molecule has 2 aromatic heterocycles. The molecule has 4 heterocycles. The summed E-state index contributed by atoms with van der Waals surface area (Å²) in [4.78, 5) is 39.3. The Morgan fingerprint density at radius 2 is 1.81 bits per heavy atom. The van der Waals surface area contributed by atoms with Crippen molar-refractivity contribution >= 4 is 11.8 Å². The van der Waals surface area contributed by atoms with E-state index in [1.165, 1.54) is 0 Å². The van der Waals surface area contributed by atoms with Crippen LogP contribution in [0.1, 0.15) is 66.7 Å². The number of piperidine rings is 1. The maximum Gasteiger partial charge on any atom is 0.272 e. The van der Waals surface area contributed by atoms with E-state index in [4.69, 9.17) is 4.98 Å². The third kappa shape index (κ3) is 4.63. The number of amides is 2. The van der Waals surface area contributed by atoms with Gasteiger partial charge in [-0.05, 0) is 55.0 Å². The first kappa shape index (κ1) is 24.1. The lowest BCUT2D eigenvalue weighted by molar-refractivity contribution is -0.133. The topological polar surface area (TPSA) is 86.6 Å². The van der Waals surface area contributed by atoms with Crippen molar-refractivity contribution in [2.75, 3.05) is 19.7 Å². The summed E-state index contributed by atoms with van der Waals surface area (Å²) >= 11 is 0. The van der Waals surface area contributed by atoms with E-state index in [2.05, 4.69) is 11.1 Å². The van der Waals surface area contributed by atoms with Crippen LogP contribution in [0.5, 0.6) is 0 Å². The highest BCUT2D eigenvalue weighted by atomic mass is 16.3. The highest BCUT2D eigenvalue weighted by Gasteiger charge is 2.37. The van der Waals surface area contributed by atoms with Crippen LogP contribution in [0.25, 0.3) is 22.4 Å². The van der Waals surface area contributed by atoms with Gasteiger partial charge in [-0.25, -0.2) is 4.98 Å². The normalized spacial score (nSPS) is 17.2. The maximum atomic E-state index is 13.5. The molecule has 0 aliphatic carbocycles. The fourth-order valence-electron chi connectivity index (χ4n) is 5.42. The lowest BCUT2D eigenvalue weighted by atomic mass is 9.94. The Hall–Kier alpha value is -3.58. The number of aliphatic hydroxyl groups excluding tert-OH is 1. The van der Waals surface area contributed by atoms with Crippen molar-refractivity contribution in [2.24, 2.45) is 0 Å². The molecule has 1 aromatic carbocycles. The Kier molecular flexibility index (Phi) is 7.09. The van der Waals surface area contributed by atoms with Gasteiger partial charge < -0.3 is 14.9 Å². The zero-order chi connectivity index (χ0) is 25.1. The second-order valence-corrected chi connectivity index (χ2v) is 9.51. The molecule has 1 atom stereocenters. The molecule has 0 spiro atoms. The zero-order valence-electron chi connectivity index (χ0n) is 20.7. The molecule has 186 valence electrons. The lowest BCUT2D eigenvalue weighted by Crippen LogP contribution is -2.36. The number of hydrogen-bond acceptors (Lipinski definition) is 5. The number of nitrogens with zero attached hydrogens (tertiary/aromatic N) is 4. The summed E-state index contributed by atoms with van der Waals surface area (Å²) in [6.45, 7) is 3.73. The Morgan fingerprint density at radius 1 is 1.03 bits per heavy atom. The fourth-order valence-corrected chi connectivity index (χ4v) is 5.42. The van der Waals surface area contributed by atoms with Gasteiger partial charge in [0.25, 0.3) is 5.91 Å². The smallest absolute Gasteiger partial charge is 0.272 e. The van der Waals surface area contributed by atoms with Gasteiger partial charge in [-0.15, -0.1) is 0 Å². The van der Waals surface area contributed by atoms with E-state index in [9.17, 15) is 14.7 Å². The Morgan fingerprint density at radius 3 is 2.53 bits per heavy atom. The minimum absolute atomic E-state index is 0.0311. The van der Waals surface area contributed by atoms with Crippen molar-refractivity contribution in [3.63, 3.8) is 0 Å². The van der Waals surface area contributed by atoms with Crippen LogP contribution in [0.2, 0.25) is 0 Å². The molecule has 0 bridgehead atoms. The van der Waals surface area contributed by atoms with Gasteiger partial charge in [-0.3, -0.25) is 14.6 Å². The van der Waals surface area contributed by atoms with Crippen molar-refractivity contribution in [1.82, 2.24) is 19.8 Å². The van der Waals surface area contributed by atoms with Crippen molar-refractivity contribution in [3.8, 4) is 22.4 Å². The predicted molar refractivity (Wildman–Crippen MR) is 138 cm³/mol. The summed E-state index contributed by atoms with van der Waals surface area (Å²) in [5, 5.41) is 9.87. The quantitative estimate of drug-likeness (QED) is 0.552. The number of fused-ring (bicyclic) bond motifs is 1. The molecule has 36 heavy (non-hydrogen) atoms. The molecule has 0 saturated carbocycles. The number of carbonyl (C=O) groups is 2. The molecule has 1 saturated heterocycles. The number of pyridine rings is 2. The van der Waals surface area contributed by atoms with Gasteiger partial charge in [0, 0.05) is 61.7 Å². The van der Waals surface area contributed by atoms with E-state index in [0.717, 1.165) is 60.2 Å². The average molecular weight is 485 g/mol. The number of hydrogen-bond donors (Lipinski definition) is 1.